The molecule has 210 valence electrons. The zero-order valence-electron chi connectivity index (χ0n) is 22.2. The number of sulfonamides is 1. The topological polar surface area (TPSA) is 126 Å². The molecule has 1 aliphatic heterocycles. The number of nitrogens with one attached hydrogen (secondary N) is 2. The van der Waals surface area contributed by atoms with Crippen molar-refractivity contribution in [3.8, 4) is 5.75 Å². The number of amides is 2. The number of rotatable bonds is 12. The molecule has 0 spiro atoms. The molecule has 0 bridgehead atoms. The number of nitrogens with zero attached hydrogens (tertiary/aromatic N) is 2. The van der Waals surface area contributed by atoms with E-state index >= 15 is 0 Å². The molecule has 4 rings (SSSR count). The maximum Gasteiger partial charge on any atom is 0.264 e. The number of hydrogen-bond acceptors (Lipinski definition) is 7. The van der Waals surface area contributed by atoms with Gasteiger partial charge < -0.3 is 14.8 Å². The van der Waals surface area contributed by atoms with Gasteiger partial charge in [-0.3, -0.25) is 13.9 Å². The summed E-state index contributed by atoms with van der Waals surface area (Å²) >= 11 is 0. The summed E-state index contributed by atoms with van der Waals surface area (Å²) in [4.78, 5) is 24.8. The van der Waals surface area contributed by atoms with Crippen molar-refractivity contribution in [1.82, 2.24) is 10.7 Å². The van der Waals surface area contributed by atoms with Crippen LogP contribution in [0.25, 0.3) is 0 Å². The molecular weight excluding hydrogens is 532 g/mol. The Kier molecular flexibility index (Phi) is 9.87. The Morgan fingerprint density at radius 3 is 2.52 bits per heavy atom. The van der Waals surface area contributed by atoms with Gasteiger partial charge in [-0.2, -0.15) is 5.10 Å². The van der Waals surface area contributed by atoms with Crippen molar-refractivity contribution in [1.29, 1.82) is 0 Å². The second-order valence-electron chi connectivity index (χ2n) is 9.25. The molecule has 2 amide bonds. The normalized spacial score (nSPS) is 15.1. The van der Waals surface area contributed by atoms with Crippen LogP contribution in [0.1, 0.15) is 24.0 Å². The fraction of sp³-hybridized carbons (Fsp3) is 0.276. The molecule has 1 aliphatic rings. The quantitative estimate of drug-likeness (QED) is 0.257. The van der Waals surface area contributed by atoms with E-state index in [-0.39, 0.29) is 23.5 Å². The molecule has 1 fully saturated rings. The summed E-state index contributed by atoms with van der Waals surface area (Å²) in [5.41, 5.74) is 4.29. The van der Waals surface area contributed by atoms with Crippen molar-refractivity contribution in [2.75, 3.05) is 30.6 Å². The molecule has 0 aromatic heterocycles. The number of benzene rings is 3. The smallest absolute Gasteiger partial charge is 0.264 e. The Morgan fingerprint density at radius 1 is 1.05 bits per heavy atom. The van der Waals surface area contributed by atoms with Crippen LogP contribution < -0.4 is 19.8 Å². The molecule has 0 unspecified atom stereocenters. The maximum atomic E-state index is 13.4. The summed E-state index contributed by atoms with van der Waals surface area (Å²) in [7, 11) is -4.00. The van der Waals surface area contributed by atoms with Gasteiger partial charge in [-0.15, -0.1) is 0 Å². The van der Waals surface area contributed by atoms with Gasteiger partial charge in [0, 0.05) is 13.2 Å². The number of carbonyl (C=O) groups excluding carboxylic acids is 2. The molecule has 40 heavy (non-hydrogen) atoms. The van der Waals surface area contributed by atoms with Crippen LogP contribution in [0.5, 0.6) is 5.75 Å². The Morgan fingerprint density at radius 2 is 1.82 bits per heavy atom. The van der Waals surface area contributed by atoms with Gasteiger partial charge in [0.25, 0.3) is 21.8 Å². The molecule has 2 N–H and O–H groups in total. The highest BCUT2D eigenvalue weighted by atomic mass is 32.2. The van der Waals surface area contributed by atoms with Crippen LogP contribution in [0.2, 0.25) is 0 Å². The van der Waals surface area contributed by atoms with Crippen LogP contribution in [0, 0.1) is 6.92 Å². The van der Waals surface area contributed by atoms with Crippen LogP contribution in [-0.2, 0) is 24.3 Å². The van der Waals surface area contributed by atoms with Gasteiger partial charge >= 0.3 is 0 Å². The maximum absolute atomic E-state index is 13.4. The van der Waals surface area contributed by atoms with E-state index in [0.717, 1.165) is 29.3 Å². The summed E-state index contributed by atoms with van der Waals surface area (Å²) in [6, 6.07) is 21.7. The van der Waals surface area contributed by atoms with Gasteiger partial charge in [0.15, 0.2) is 6.61 Å². The van der Waals surface area contributed by atoms with Crippen molar-refractivity contribution in [2.45, 2.75) is 30.8 Å². The highest BCUT2D eigenvalue weighted by molar-refractivity contribution is 7.92. The fourth-order valence-corrected chi connectivity index (χ4v) is 5.48. The highest BCUT2D eigenvalue weighted by Gasteiger charge is 2.27. The van der Waals surface area contributed by atoms with Crippen molar-refractivity contribution in [3.63, 3.8) is 0 Å². The SMILES string of the molecule is Cc1cccc(N(CC(=O)N/N=C\c2ccc(OCC(=O)NC[C@@H]3CCCO3)cc2)S(=O)(=O)c2ccccc2)c1. The highest BCUT2D eigenvalue weighted by Crippen LogP contribution is 2.24. The number of ether oxygens (including phenoxy) is 2. The van der Waals surface area contributed by atoms with E-state index in [2.05, 4.69) is 15.8 Å². The summed E-state index contributed by atoms with van der Waals surface area (Å²) in [5.74, 6) is -0.322. The molecule has 0 saturated carbocycles. The number of aryl methyl sites for hydroxylation is 1. The van der Waals surface area contributed by atoms with Crippen molar-refractivity contribution < 1.29 is 27.5 Å². The predicted molar refractivity (Wildman–Crippen MR) is 152 cm³/mol. The first-order valence-corrected chi connectivity index (χ1v) is 14.3. The minimum Gasteiger partial charge on any atom is -0.484 e. The first kappa shape index (κ1) is 28.8. The van der Waals surface area contributed by atoms with E-state index < -0.39 is 22.5 Å². The minimum atomic E-state index is -4.00. The molecule has 10 nitrogen and oxygen atoms in total. The molecule has 3 aromatic carbocycles. The molecule has 1 atom stereocenters. The first-order valence-electron chi connectivity index (χ1n) is 12.9. The lowest BCUT2D eigenvalue weighted by Crippen LogP contribution is -2.39. The van der Waals surface area contributed by atoms with Crippen LogP contribution in [0.3, 0.4) is 0 Å². The second-order valence-corrected chi connectivity index (χ2v) is 11.1. The number of hydrazone groups is 1. The van der Waals surface area contributed by atoms with Crippen LogP contribution in [-0.4, -0.2) is 58.9 Å². The molecular formula is C29H32N4O6S. The van der Waals surface area contributed by atoms with Crippen LogP contribution >= 0.6 is 0 Å². The molecule has 0 aliphatic carbocycles. The fourth-order valence-electron chi connectivity index (χ4n) is 4.05. The largest absolute Gasteiger partial charge is 0.484 e. The Bertz CT molecular complexity index is 1420. The first-order chi connectivity index (χ1) is 19.3. The van der Waals surface area contributed by atoms with Gasteiger partial charge in [0.05, 0.1) is 22.9 Å². The Balaban J connectivity index is 1.31. The average molecular weight is 565 g/mol. The van der Waals surface area contributed by atoms with Gasteiger partial charge in [0.1, 0.15) is 12.3 Å². The molecule has 11 heteroatoms. The number of carbonyl (C=O) groups is 2. The lowest BCUT2D eigenvalue weighted by molar-refractivity contribution is -0.123. The van der Waals surface area contributed by atoms with Crippen molar-refractivity contribution in [3.05, 3.63) is 90.0 Å². The second kappa shape index (κ2) is 13.7. The average Bonchev–Trinajstić information content (AvgIpc) is 3.49. The van der Waals surface area contributed by atoms with Crippen LogP contribution in [0.4, 0.5) is 5.69 Å². The lowest BCUT2D eigenvalue weighted by Gasteiger charge is -2.24. The molecule has 0 radical (unpaired) electrons. The van der Waals surface area contributed by atoms with E-state index in [1.165, 1.54) is 18.3 Å². The Labute approximate surface area is 234 Å². The number of anilines is 1. The van der Waals surface area contributed by atoms with Crippen molar-refractivity contribution in [2.24, 2.45) is 5.10 Å². The molecule has 1 saturated heterocycles. The zero-order valence-corrected chi connectivity index (χ0v) is 23.0. The third-order valence-electron chi connectivity index (χ3n) is 6.11. The molecule has 3 aromatic rings. The van der Waals surface area contributed by atoms with E-state index in [9.17, 15) is 18.0 Å². The summed E-state index contributed by atoms with van der Waals surface area (Å²) < 4.78 is 38.8. The van der Waals surface area contributed by atoms with Gasteiger partial charge in [-0.05, 0) is 79.4 Å². The van der Waals surface area contributed by atoms with Gasteiger partial charge in [-0.1, -0.05) is 30.3 Å². The predicted octanol–water partition coefficient (Wildman–Crippen LogP) is 3.01. The van der Waals surface area contributed by atoms with Gasteiger partial charge in [0.2, 0.25) is 0 Å². The zero-order chi connectivity index (χ0) is 28.4. The van der Waals surface area contributed by atoms with Gasteiger partial charge in [-0.25, -0.2) is 13.8 Å². The molecule has 1 heterocycles. The number of hydrogen-bond donors (Lipinski definition) is 2. The summed E-state index contributed by atoms with van der Waals surface area (Å²) in [6.07, 6.45) is 3.46. The minimum absolute atomic E-state index is 0.0712. The van der Waals surface area contributed by atoms with E-state index in [4.69, 9.17) is 9.47 Å². The Hall–Kier alpha value is -4.22. The standard InChI is InChI=1S/C29H32N4O6S/c1-22-7-5-8-24(17-22)33(40(36,37)27-10-3-2-4-11-27)20-28(34)32-31-18-23-12-14-25(15-13-23)39-21-29(35)30-19-26-9-6-16-38-26/h2-5,7-8,10-15,17-18,26H,6,9,16,19-21H2,1H3,(H,30,35)(H,32,34)/b31-18-/t26-/m0/s1. The summed E-state index contributed by atoms with van der Waals surface area (Å²) in [6.45, 7) is 2.49. The van der Waals surface area contributed by atoms with E-state index in [1.807, 2.05) is 13.0 Å². The van der Waals surface area contributed by atoms with Crippen molar-refractivity contribution >= 4 is 33.7 Å². The van der Waals surface area contributed by atoms with Crippen LogP contribution in [0.15, 0.2) is 88.9 Å². The summed E-state index contributed by atoms with van der Waals surface area (Å²) in [5, 5.41) is 6.76. The third kappa shape index (κ3) is 8.14. The third-order valence-corrected chi connectivity index (χ3v) is 7.90. The monoisotopic (exact) mass is 564 g/mol. The van der Waals surface area contributed by atoms with E-state index in [1.54, 1.807) is 60.7 Å². The van der Waals surface area contributed by atoms with E-state index in [0.29, 0.717) is 23.5 Å². The lowest BCUT2D eigenvalue weighted by atomic mass is 10.2.